The fourth-order valence-corrected chi connectivity index (χ4v) is 2.17. The first-order valence-corrected chi connectivity index (χ1v) is 6.80. The molecule has 0 saturated heterocycles. The van der Waals surface area contributed by atoms with Crippen LogP contribution in [0.3, 0.4) is 0 Å². The lowest BCUT2D eigenvalue weighted by Gasteiger charge is -2.08. The van der Waals surface area contributed by atoms with Gasteiger partial charge in [-0.2, -0.15) is 0 Å². The van der Waals surface area contributed by atoms with Crippen LogP contribution >= 0.6 is 0 Å². The molecule has 0 bridgehead atoms. The van der Waals surface area contributed by atoms with Crippen molar-refractivity contribution in [3.63, 3.8) is 0 Å². The summed E-state index contributed by atoms with van der Waals surface area (Å²) in [5.41, 5.74) is 0.490. The number of carbonyl (C=O) groups excluding carboxylic acids is 1. The summed E-state index contributed by atoms with van der Waals surface area (Å²) < 4.78 is 13.7. The molecule has 0 unspecified atom stereocenters. The van der Waals surface area contributed by atoms with Crippen molar-refractivity contribution in [3.05, 3.63) is 47.8 Å². The van der Waals surface area contributed by atoms with Gasteiger partial charge in [-0.3, -0.25) is 4.79 Å². The number of nitrogens with one attached hydrogen (secondary N) is 1. The van der Waals surface area contributed by atoms with Gasteiger partial charge < -0.3 is 10.4 Å². The molecule has 1 amide bonds. The summed E-state index contributed by atoms with van der Waals surface area (Å²) in [5, 5.41) is 12.6. The topological polar surface area (TPSA) is 49.3 Å². The highest BCUT2D eigenvalue weighted by molar-refractivity contribution is 6.07. The molecule has 0 atom stereocenters. The average Bonchev–Trinajstić information content (AvgIpc) is 2.47. The van der Waals surface area contributed by atoms with Gasteiger partial charge >= 0.3 is 0 Å². The van der Waals surface area contributed by atoms with Gasteiger partial charge in [0.25, 0.3) is 5.91 Å². The molecular weight excluding hydrogens is 257 g/mol. The van der Waals surface area contributed by atoms with Crippen LogP contribution in [0.4, 0.5) is 4.39 Å². The maximum Gasteiger partial charge on any atom is 0.251 e. The van der Waals surface area contributed by atoms with Gasteiger partial charge in [0.1, 0.15) is 5.82 Å². The van der Waals surface area contributed by atoms with Gasteiger partial charge in [0.2, 0.25) is 0 Å². The molecule has 0 aliphatic rings. The fourth-order valence-electron chi connectivity index (χ4n) is 2.17. The van der Waals surface area contributed by atoms with E-state index in [9.17, 15) is 9.18 Å². The van der Waals surface area contributed by atoms with Crippen molar-refractivity contribution in [1.82, 2.24) is 5.32 Å². The summed E-state index contributed by atoms with van der Waals surface area (Å²) in [7, 11) is 0. The number of hydrogen-bond acceptors (Lipinski definition) is 2. The Hall–Kier alpha value is -1.94. The summed E-state index contributed by atoms with van der Waals surface area (Å²) in [6, 6.07) is 9.80. The van der Waals surface area contributed by atoms with Crippen molar-refractivity contribution < 1.29 is 14.3 Å². The van der Waals surface area contributed by atoms with E-state index in [-0.39, 0.29) is 18.3 Å². The molecule has 4 heteroatoms. The number of benzene rings is 2. The van der Waals surface area contributed by atoms with Crippen molar-refractivity contribution in [2.75, 3.05) is 13.2 Å². The Labute approximate surface area is 117 Å². The first-order valence-electron chi connectivity index (χ1n) is 6.80. The maximum atomic E-state index is 13.7. The van der Waals surface area contributed by atoms with Crippen LogP contribution in [-0.4, -0.2) is 24.2 Å². The van der Waals surface area contributed by atoms with Crippen molar-refractivity contribution in [1.29, 1.82) is 0 Å². The molecule has 0 fully saturated rings. The molecular formula is C16H18FNO2. The summed E-state index contributed by atoms with van der Waals surface area (Å²) in [4.78, 5) is 12.1. The number of fused-ring (bicyclic) bond motifs is 1. The molecule has 0 heterocycles. The third-order valence-corrected chi connectivity index (χ3v) is 3.24. The van der Waals surface area contributed by atoms with Crippen LogP contribution in [0.25, 0.3) is 10.8 Å². The normalized spacial score (nSPS) is 10.7. The Kier molecular flexibility index (Phi) is 5.07. The molecule has 3 nitrogen and oxygen atoms in total. The van der Waals surface area contributed by atoms with E-state index in [1.165, 1.54) is 12.1 Å². The standard InChI is InChI=1S/C16H18FNO2/c17-15-9-8-14(12-6-2-3-7-13(12)15)16(20)18-10-4-1-5-11-19/h2-3,6-9,19H,1,4-5,10-11H2,(H,18,20). The number of amides is 1. The van der Waals surface area contributed by atoms with E-state index in [0.717, 1.165) is 19.3 Å². The zero-order chi connectivity index (χ0) is 14.4. The molecule has 2 N–H and O–H groups in total. The summed E-state index contributed by atoms with van der Waals surface area (Å²) in [5.74, 6) is -0.509. The summed E-state index contributed by atoms with van der Waals surface area (Å²) in [6.45, 7) is 0.737. The third kappa shape index (κ3) is 3.33. The number of carbonyl (C=O) groups is 1. The molecule has 106 valence electrons. The number of aliphatic hydroxyl groups excluding tert-OH is 1. The maximum absolute atomic E-state index is 13.7. The van der Waals surface area contributed by atoms with E-state index in [0.29, 0.717) is 22.9 Å². The smallest absolute Gasteiger partial charge is 0.251 e. The van der Waals surface area contributed by atoms with Gasteiger partial charge in [-0.15, -0.1) is 0 Å². The van der Waals surface area contributed by atoms with Gasteiger partial charge in [0.05, 0.1) is 0 Å². The van der Waals surface area contributed by atoms with Crippen LogP contribution in [0.5, 0.6) is 0 Å². The number of aliphatic hydroxyl groups is 1. The minimum atomic E-state index is -0.319. The van der Waals surface area contributed by atoms with Crippen LogP contribution in [0.1, 0.15) is 29.6 Å². The van der Waals surface area contributed by atoms with Gasteiger partial charge in [0, 0.05) is 24.1 Å². The van der Waals surface area contributed by atoms with Gasteiger partial charge in [-0.05, 0) is 36.8 Å². The second kappa shape index (κ2) is 7.01. The first kappa shape index (κ1) is 14.5. The fraction of sp³-hybridized carbons (Fsp3) is 0.312. The first-order chi connectivity index (χ1) is 9.74. The number of rotatable bonds is 6. The lowest BCUT2D eigenvalue weighted by atomic mass is 10.0. The zero-order valence-electron chi connectivity index (χ0n) is 11.2. The number of hydrogen-bond donors (Lipinski definition) is 2. The highest BCUT2D eigenvalue weighted by Gasteiger charge is 2.11. The quantitative estimate of drug-likeness (QED) is 0.796. The van der Waals surface area contributed by atoms with Crippen LogP contribution in [-0.2, 0) is 0 Å². The molecule has 0 spiro atoms. The Balaban J connectivity index is 2.09. The molecule has 2 rings (SSSR count). The summed E-state index contributed by atoms with van der Waals surface area (Å²) in [6.07, 6.45) is 2.45. The number of unbranched alkanes of at least 4 members (excludes halogenated alkanes) is 2. The van der Waals surface area contributed by atoms with E-state index in [1.54, 1.807) is 24.3 Å². The Bertz CT molecular complexity index is 598. The predicted molar refractivity (Wildman–Crippen MR) is 77.2 cm³/mol. The zero-order valence-corrected chi connectivity index (χ0v) is 11.2. The van der Waals surface area contributed by atoms with Crippen LogP contribution in [0.15, 0.2) is 36.4 Å². The molecule has 2 aromatic carbocycles. The molecule has 20 heavy (non-hydrogen) atoms. The van der Waals surface area contributed by atoms with E-state index in [1.807, 2.05) is 0 Å². The van der Waals surface area contributed by atoms with Crippen molar-refractivity contribution in [2.24, 2.45) is 0 Å². The summed E-state index contributed by atoms with van der Waals surface area (Å²) >= 11 is 0. The van der Waals surface area contributed by atoms with E-state index >= 15 is 0 Å². The van der Waals surface area contributed by atoms with Crippen molar-refractivity contribution >= 4 is 16.7 Å². The van der Waals surface area contributed by atoms with Crippen LogP contribution < -0.4 is 5.32 Å². The van der Waals surface area contributed by atoms with Gasteiger partial charge in [0.15, 0.2) is 0 Å². The molecule has 0 aliphatic heterocycles. The van der Waals surface area contributed by atoms with Crippen molar-refractivity contribution in [3.8, 4) is 0 Å². The predicted octanol–water partition coefficient (Wildman–Crippen LogP) is 2.87. The highest BCUT2D eigenvalue weighted by Crippen LogP contribution is 2.21. The monoisotopic (exact) mass is 275 g/mol. The second-order valence-electron chi connectivity index (χ2n) is 4.68. The lowest BCUT2D eigenvalue weighted by Crippen LogP contribution is -2.24. The minimum absolute atomic E-state index is 0.177. The Morgan fingerprint density at radius 2 is 1.80 bits per heavy atom. The SMILES string of the molecule is O=C(NCCCCCO)c1ccc(F)c2ccccc12. The molecule has 0 aromatic heterocycles. The van der Waals surface area contributed by atoms with E-state index in [2.05, 4.69) is 5.32 Å². The average molecular weight is 275 g/mol. The molecule has 2 aromatic rings. The van der Waals surface area contributed by atoms with E-state index in [4.69, 9.17) is 5.11 Å². The molecule has 0 aliphatic carbocycles. The Morgan fingerprint density at radius 1 is 1.05 bits per heavy atom. The van der Waals surface area contributed by atoms with Crippen LogP contribution in [0, 0.1) is 5.82 Å². The highest BCUT2D eigenvalue weighted by atomic mass is 19.1. The van der Waals surface area contributed by atoms with Gasteiger partial charge in [-0.25, -0.2) is 4.39 Å². The lowest BCUT2D eigenvalue weighted by molar-refractivity contribution is 0.0954. The molecule has 0 radical (unpaired) electrons. The minimum Gasteiger partial charge on any atom is -0.396 e. The third-order valence-electron chi connectivity index (χ3n) is 3.24. The molecule has 0 saturated carbocycles. The van der Waals surface area contributed by atoms with Crippen LogP contribution in [0.2, 0.25) is 0 Å². The largest absolute Gasteiger partial charge is 0.396 e. The van der Waals surface area contributed by atoms with Crippen molar-refractivity contribution in [2.45, 2.75) is 19.3 Å². The Morgan fingerprint density at radius 3 is 2.55 bits per heavy atom. The van der Waals surface area contributed by atoms with E-state index < -0.39 is 0 Å². The number of halogens is 1. The second-order valence-corrected chi connectivity index (χ2v) is 4.68. The van der Waals surface area contributed by atoms with Gasteiger partial charge in [-0.1, -0.05) is 24.3 Å².